The van der Waals surface area contributed by atoms with Crippen molar-refractivity contribution in [2.24, 2.45) is 5.92 Å². The Hall–Kier alpha value is -2.51. The van der Waals surface area contributed by atoms with Crippen molar-refractivity contribution in [3.63, 3.8) is 0 Å². The third-order valence-electron chi connectivity index (χ3n) is 4.19. The lowest BCUT2D eigenvalue weighted by Gasteiger charge is -2.09. The fraction of sp³-hybridized carbons (Fsp3) is 0.150. The van der Waals surface area contributed by atoms with E-state index in [4.69, 9.17) is 12.2 Å². The molecule has 0 saturated heterocycles. The number of hydrogen-bond donors (Lipinski definition) is 3. The zero-order chi connectivity index (χ0) is 19.2. The number of hydrogen-bond acceptors (Lipinski definition) is 3. The average molecular weight is 444 g/mol. The molecule has 0 heterocycles. The molecule has 2 aromatic rings. The monoisotopic (exact) mass is 443 g/mol. The number of carbonyl (C=O) groups excluding carboxylic acids is 2. The Morgan fingerprint density at radius 2 is 1.74 bits per heavy atom. The topological polar surface area (TPSA) is 70.2 Å². The molecule has 0 aliphatic heterocycles. The zero-order valence-electron chi connectivity index (χ0n) is 14.3. The van der Waals surface area contributed by atoms with E-state index in [1.54, 1.807) is 6.08 Å². The molecule has 0 radical (unpaired) electrons. The smallest absolute Gasteiger partial charge is 0.250 e. The van der Waals surface area contributed by atoms with Crippen LogP contribution in [0.3, 0.4) is 0 Å². The van der Waals surface area contributed by atoms with Gasteiger partial charge >= 0.3 is 0 Å². The van der Waals surface area contributed by atoms with Gasteiger partial charge in [-0.05, 0) is 53.9 Å². The summed E-state index contributed by atoms with van der Waals surface area (Å²) in [7, 11) is 0. The van der Waals surface area contributed by atoms with E-state index in [-0.39, 0.29) is 28.8 Å². The summed E-state index contributed by atoms with van der Waals surface area (Å²) >= 11 is 8.38. The van der Waals surface area contributed by atoms with E-state index in [0.717, 1.165) is 22.0 Å². The van der Waals surface area contributed by atoms with Gasteiger partial charge in [0.05, 0.1) is 0 Å². The second kappa shape index (κ2) is 8.92. The van der Waals surface area contributed by atoms with Crippen LogP contribution in [0.1, 0.15) is 23.5 Å². The van der Waals surface area contributed by atoms with Gasteiger partial charge in [0.1, 0.15) is 0 Å². The third-order valence-corrected chi connectivity index (χ3v) is 4.92. The van der Waals surface area contributed by atoms with E-state index in [0.29, 0.717) is 0 Å². The molecule has 0 bridgehead atoms. The molecule has 138 valence electrons. The molecule has 1 saturated carbocycles. The van der Waals surface area contributed by atoms with Gasteiger partial charge in [0.15, 0.2) is 5.11 Å². The van der Waals surface area contributed by atoms with Gasteiger partial charge in [0, 0.05) is 16.5 Å². The highest BCUT2D eigenvalue weighted by Crippen LogP contribution is 2.47. The SMILES string of the molecule is O=C(C=Cc1ccc(Br)cc1)NC(=S)NNC(=O)[C@H]1C[C@@H]1c1ccccc1. The highest BCUT2D eigenvalue weighted by Gasteiger charge is 2.43. The van der Waals surface area contributed by atoms with Gasteiger partial charge in [0.25, 0.3) is 0 Å². The number of carbonyl (C=O) groups is 2. The van der Waals surface area contributed by atoms with Crippen molar-refractivity contribution in [1.29, 1.82) is 0 Å². The number of benzene rings is 2. The summed E-state index contributed by atoms with van der Waals surface area (Å²) < 4.78 is 0.968. The highest BCUT2D eigenvalue weighted by atomic mass is 79.9. The Labute approximate surface area is 171 Å². The molecule has 1 fully saturated rings. The van der Waals surface area contributed by atoms with Crippen LogP contribution < -0.4 is 16.2 Å². The van der Waals surface area contributed by atoms with Crippen LogP contribution in [0.5, 0.6) is 0 Å². The number of nitrogens with one attached hydrogen (secondary N) is 3. The van der Waals surface area contributed by atoms with Crippen molar-refractivity contribution in [3.8, 4) is 0 Å². The van der Waals surface area contributed by atoms with Crippen LogP contribution in [0.15, 0.2) is 65.1 Å². The first-order valence-corrected chi connectivity index (χ1v) is 9.62. The van der Waals surface area contributed by atoms with E-state index < -0.39 is 0 Å². The number of thiocarbonyl (C=S) groups is 1. The van der Waals surface area contributed by atoms with Crippen molar-refractivity contribution in [2.45, 2.75) is 12.3 Å². The summed E-state index contributed by atoms with van der Waals surface area (Å²) in [4.78, 5) is 24.0. The summed E-state index contributed by atoms with van der Waals surface area (Å²) in [5, 5.41) is 2.54. The minimum Gasteiger partial charge on any atom is -0.298 e. The first kappa shape index (κ1) is 19.3. The molecule has 1 aliphatic rings. The summed E-state index contributed by atoms with van der Waals surface area (Å²) in [5.74, 6) is -0.343. The Bertz CT molecular complexity index is 869. The van der Waals surface area contributed by atoms with Crippen LogP contribution in [-0.2, 0) is 9.59 Å². The second-order valence-electron chi connectivity index (χ2n) is 6.18. The Balaban J connectivity index is 1.40. The fourth-order valence-corrected chi connectivity index (χ4v) is 3.11. The minimum atomic E-state index is -0.377. The first-order chi connectivity index (χ1) is 13.0. The first-order valence-electron chi connectivity index (χ1n) is 8.42. The van der Waals surface area contributed by atoms with Crippen LogP contribution in [0.25, 0.3) is 6.08 Å². The quantitative estimate of drug-likeness (QED) is 0.385. The maximum absolute atomic E-state index is 12.2. The van der Waals surface area contributed by atoms with Gasteiger partial charge in [-0.2, -0.15) is 0 Å². The molecular formula is C20H18BrN3O2S. The molecule has 7 heteroatoms. The average Bonchev–Trinajstić information content (AvgIpc) is 3.47. The molecule has 2 aromatic carbocycles. The molecule has 3 N–H and O–H groups in total. The van der Waals surface area contributed by atoms with E-state index in [1.807, 2.05) is 54.6 Å². The molecule has 0 spiro atoms. The van der Waals surface area contributed by atoms with Crippen molar-refractivity contribution in [2.75, 3.05) is 0 Å². The van der Waals surface area contributed by atoms with Gasteiger partial charge in [-0.15, -0.1) is 0 Å². The fourth-order valence-electron chi connectivity index (χ4n) is 2.70. The minimum absolute atomic E-state index is 0.0470. The lowest BCUT2D eigenvalue weighted by Crippen LogP contribution is -2.48. The third kappa shape index (κ3) is 5.74. The lowest BCUT2D eigenvalue weighted by atomic mass is 10.1. The van der Waals surface area contributed by atoms with Gasteiger partial charge in [-0.1, -0.05) is 58.4 Å². The van der Waals surface area contributed by atoms with Gasteiger partial charge < -0.3 is 0 Å². The van der Waals surface area contributed by atoms with Crippen molar-refractivity contribution >= 4 is 51.2 Å². The molecule has 3 rings (SSSR count). The molecule has 0 aromatic heterocycles. The van der Waals surface area contributed by atoms with Crippen LogP contribution in [0.4, 0.5) is 0 Å². The van der Waals surface area contributed by atoms with Crippen LogP contribution in [0, 0.1) is 5.92 Å². The van der Waals surface area contributed by atoms with Gasteiger partial charge in [0.2, 0.25) is 11.8 Å². The Morgan fingerprint density at radius 3 is 2.44 bits per heavy atom. The largest absolute Gasteiger partial charge is 0.298 e. The highest BCUT2D eigenvalue weighted by molar-refractivity contribution is 9.10. The van der Waals surface area contributed by atoms with Crippen molar-refractivity contribution in [3.05, 3.63) is 76.3 Å². The summed E-state index contributed by atoms with van der Waals surface area (Å²) in [5.41, 5.74) is 7.18. The van der Waals surface area contributed by atoms with E-state index >= 15 is 0 Å². The number of halogens is 1. The number of rotatable bonds is 4. The van der Waals surface area contributed by atoms with E-state index in [2.05, 4.69) is 32.1 Å². The Morgan fingerprint density at radius 1 is 1.04 bits per heavy atom. The molecule has 5 nitrogen and oxygen atoms in total. The summed E-state index contributed by atoms with van der Waals surface area (Å²) in [6, 6.07) is 17.5. The molecule has 1 aliphatic carbocycles. The summed E-state index contributed by atoms with van der Waals surface area (Å²) in [6.07, 6.45) is 3.87. The second-order valence-corrected chi connectivity index (χ2v) is 7.50. The van der Waals surface area contributed by atoms with Crippen LogP contribution >= 0.6 is 28.1 Å². The lowest BCUT2D eigenvalue weighted by molar-refractivity contribution is -0.123. The molecule has 2 atom stereocenters. The predicted octanol–water partition coefficient (Wildman–Crippen LogP) is 3.29. The van der Waals surface area contributed by atoms with E-state index in [9.17, 15) is 9.59 Å². The van der Waals surface area contributed by atoms with Crippen LogP contribution in [-0.4, -0.2) is 16.9 Å². The van der Waals surface area contributed by atoms with Crippen molar-refractivity contribution in [1.82, 2.24) is 16.2 Å². The molecule has 0 unspecified atom stereocenters. The zero-order valence-corrected chi connectivity index (χ0v) is 16.7. The standard InChI is InChI=1S/C20H18BrN3O2S/c21-15-9-6-13(7-10-15)8-11-18(25)22-20(27)24-23-19(26)17-12-16(17)14-4-2-1-3-5-14/h1-11,16-17H,12H2,(H,23,26)(H2,22,24,25,27)/t16-,17+/m1/s1. The number of hydrazine groups is 1. The maximum Gasteiger partial charge on any atom is 0.250 e. The maximum atomic E-state index is 12.2. The van der Waals surface area contributed by atoms with Gasteiger partial charge in [-0.3, -0.25) is 25.8 Å². The molecular weight excluding hydrogens is 426 g/mol. The molecule has 27 heavy (non-hydrogen) atoms. The Kier molecular flexibility index (Phi) is 6.36. The normalized spacial score (nSPS) is 18.0. The van der Waals surface area contributed by atoms with E-state index in [1.165, 1.54) is 6.08 Å². The predicted molar refractivity (Wildman–Crippen MR) is 112 cm³/mol. The van der Waals surface area contributed by atoms with Gasteiger partial charge in [-0.25, -0.2) is 0 Å². The summed E-state index contributed by atoms with van der Waals surface area (Å²) in [6.45, 7) is 0. The number of amides is 2. The van der Waals surface area contributed by atoms with Crippen molar-refractivity contribution < 1.29 is 9.59 Å². The molecule has 2 amide bonds. The van der Waals surface area contributed by atoms with Crippen LogP contribution in [0.2, 0.25) is 0 Å².